The lowest BCUT2D eigenvalue weighted by Gasteiger charge is -2.38. The normalized spacial score (nSPS) is 21.2. The summed E-state index contributed by atoms with van der Waals surface area (Å²) >= 11 is 0. The molecule has 114 valence electrons. The van der Waals surface area contributed by atoms with Gasteiger partial charge in [0, 0.05) is 12.6 Å². The van der Waals surface area contributed by atoms with Crippen molar-refractivity contribution in [2.24, 2.45) is 5.92 Å². The molecule has 1 N–H and O–H groups in total. The van der Waals surface area contributed by atoms with E-state index >= 15 is 0 Å². The third kappa shape index (κ3) is 4.44. The zero-order valence-electron chi connectivity index (χ0n) is 12.4. The molecule has 1 aromatic rings. The van der Waals surface area contributed by atoms with E-state index in [-0.39, 0.29) is 18.2 Å². The highest BCUT2D eigenvalue weighted by Gasteiger charge is 2.25. The van der Waals surface area contributed by atoms with E-state index in [2.05, 4.69) is 17.1 Å². The van der Waals surface area contributed by atoms with Crippen molar-refractivity contribution in [1.29, 1.82) is 0 Å². The fourth-order valence-corrected chi connectivity index (χ4v) is 3.23. The van der Waals surface area contributed by atoms with Crippen molar-refractivity contribution in [1.82, 2.24) is 10.2 Å². The van der Waals surface area contributed by atoms with Crippen LogP contribution in [0.3, 0.4) is 0 Å². The number of benzene rings is 1. The minimum Gasteiger partial charge on any atom is -0.319 e. The standard InChI is InChI=1S/C16H25FN2.ClH/c1-3-16(14-6-8-15(17)9-7-14)19-10-4-5-13(12-19)11-18-2;/h6-9,13,16,18H,3-5,10-12H2,1-2H3;1H. The van der Waals surface area contributed by atoms with E-state index in [1.54, 1.807) is 12.1 Å². The summed E-state index contributed by atoms with van der Waals surface area (Å²) in [5.74, 6) is 0.596. The van der Waals surface area contributed by atoms with Crippen molar-refractivity contribution in [3.8, 4) is 0 Å². The molecule has 1 fully saturated rings. The summed E-state index contributed by atoms with van der Waals surface area (Å²) in [6, 6.07) is 7.46. The molecule has 1 aromatic carbocycles. The molecule has 4 heteroatoms. The first kappa shape index (κ1) is 17.4. The van der Waals surface area contributed by atoms with E-state index in [0.29, 0.717) is 6.04 Å². The summed E-state index contributed by atoms with van der Waals surface area (Å²) < 4.78 is 13.0. The summed E-state index contributed by atoms with van der Waals surface area (Å²) in [7, 11) is 2.02. The molecular weight excluding hydrogens is 275 g/mol. The maximum atomic E-state index is 13.0. The Hall–Kier alpha value is -0.640. The third-order valence-electron chi connectivity index (χ3n) is 4.13. The molecule has 20 heavy (non-hydrogen) atoms. The third-order valence-corrected chi connectivity index (χ3v) is 4.13. The van der Waals surface area contributed by atoms with Gasteiger partial charge >= 0.3 is 0 Å². The molecule has 1 aliphatic heterocycles. The quantitative estimate of drug-likeness (QED) is 0.893. The molecule has 0 aliphatic carbocycles. The van der Waals surface area contributed by atoms with Gasteiger partial charge in [-0.25, -0.2) is 4.39 Å². The van der Waals surface area contributed by atoms with Gasteiger partial charge in [-0.2, -0.15) is 0 Å². The van der Waals surface area contributed by atoms with Crippen molar-refractivity contribution in [2.75, 3.05) is 26.7 Å². The van der Waals surface area contributed by atoms with E-state index in [0.717, 1.165) is 32.0 Å². The Kier molecular flexibility index (Phi) is 7.49. The van der Waals surface area contributed by atoms with Crippen molar-refractivity contribution < 1.29 is 4.39 Å². The molecule has 2 rings (SSSR count). The van der Waals surface area contributed by atoms with Gasteiger partial charge in [-0.3, -0.25) is 4.90 Å². The molecule has 0 amide bonds. The zero-order valence-corrected chi connectivity index (χ0v) is 13.3. The molecule has 1 aliphatic rings. The predicted octanol–water partition coefficient (Wildman–Crippen LogP) is 3.63. The van der Waals surface area contributed by atoms with Crippen LogP contribution in [-0.2, 0) is 0 Å². The average molecular weight is 301 g/mol. The number of likely N-dealkylation sites (tertiary alicyclic amines) is 1. The van der Waals surface area contributed by atoms with Crippen LogP contribution in [0.1, 0.15) is 37.8 Å². The molecule has 0 spiro atoms. The smallest absolute Gasteiger partial charge is 0.123 e. The number of nitrogens with zero attached hydrogens (tertiary/aromatic N) is 1. The van der Waals surface area contributed by atoms with Crippen LogP contribution in [-0.4, -0.2) is 31.6 Å². The van der Waals surface area contributed by atoms with Gasteiger partial charge in [0.1, 0.15) is 5.82 Å². The molecule has 2 nitrogen and oxygen atoms in total. The molecule has 0 aromatic heterocycles. The SMILES string of the molecule is CCC(c1ccc(F)cc1)N1CCCC(CNC)C1.Cl. The first-order valence-corrected chi connectivity index (χ1v) is 7.38. The number of nitrogens with one attached hydrogen (secondary N) is 1. The highest BCUT2D eigenvalue weighted by Crippen LogP contribution is 2.29. The highest BCUT2D eigenvalue weighted by molar-refractivity contribution is 5.85. The fourth-order valence-electron chi connectivity index (χ4n) is 3.23. The lowest BCUT2D eigenvalue weighted by molar-refractivity contribution is 0.119. The molecule has 0 radical (unpaired) electrons. The molecule has 0 saturated carbocycles. The van der Waals surface area contributed by atoms with E-state index in [1.165, 1.54) is 18.4 Å². The van der Waals surface area contributed by atoms with Crippen LogP contribution in [0.5, 0.6) is 0 Å². The van der Waals surface area contributed by atoms with Crippen molar-refractivity contribution in [2.45, 2.75) is 32.2 Å². The minimum absolute atomic E-state index is 0. The van der Waals surface area contributed by atoms with Gasteiger partial charge in [0.2, 0.25) is 0 Å². The van der Waals surface area contributed by atoms with Gasteiger partial charge < -0.3 is 5.32 Å². The van der Waals surface area contributed by atoms with Gasteiger partial charge in [0.25, 0.3) is 0 Å². The Balaban J connectivity index is 0.00000200. The van der Waals surface area contributed by atoms with E-state index in [1.807, 2.05) is 19.2 Å². The van der Waals surface area contributed by atoms with E-state index < -0.39 is 0 Å². The maximum Gasteiger partial charge on any atom is 0.123 e. The summed E-state index contributed by atoms with van der Waals surface area (Å²) in [6.07, 6.45) is 3.67. The Labute approximate surface area is 128 Å². The van der Waals surface area contributed by atoms with Crippen LogP contribution in [0.4, 0.5) is 4.39 Å². The van der Waals surface area contributed by atoms with Gasteiger partial charge in [0.05, 0.1) is 0 Å². The number of halogens is 2. The van der Waals surface area contributed by atoms with Crippen LogP contribution in [0.2, 0.25) is 0 Å². The molecule has 2 unspecified atom stereocenters. The summed E-state index contributed by atoms with van der Waals surface area (Å²) in [4.78, 5) is 2.57. The fraction of sp³-hybridized carbons (Fsp3) is 0.625. The summed E-state index contributed by atoms with van der Waals surface area (Å²) in [5, 5.41) is 3.29. The Bertz CT molecular complexity index is 381. The first-order chi connectivity index (χ1) is 9.24. The topological polar surface area (TPSA) is 15.3 Å². The lowest BCUT2D eigenvalue weighted by atomic mass is 9.94. The second-order valence-corrected chi connectivity index (χ2v) is 5.54. The number of rotatable bonds is 5. The highest BCUT2D eigenvalue weighted by atomic mass is 35.5. The Morgan fingerprint density at radius 3 is 2.65 bits per heavy atom. The average Bonchev–Trinajstić information content (AvgIpc) is 2.43. The van der Waals surface area contributed by atoms with Gasteiger partial charge in [-0.15, -0.1) is 12.4 Å². The Morgan fingerprint density at radius 2 is 2.05 bits per heavy atom. The van der Waals surface area contributed by atoms with Gasteiger partial charge in [-0.1, -0.05) is 19.1 Å². The minimum atomic E-state index is -0.148. The molecule has 0 bridgehead atoms. The molecular formula is C16H26ClFN2. The van der Waals surface area contributed by atoms with Crippen molar-refractivity contribution in [3.63, 3.8) is 0 Å². The van der Waals surface area contributed by atoms with Crippen LogP contribution in [0, 0.1) is 11.7 Å². The number of hydrogen-bond acceptors (Lipinski definition) is 2. The lowest BCUT2D eigenvalue weighted by Crippen LogP contribution is -2.41. The predicted molar refractivity (Wildman–Crippen MR) is 84.9 cm³/mol. The van der Waals surface area contributed by atoms with Crippen molar-refractivity contribution >= 4 is 12.4 Å². The molecule has 2 atom stereocenters. The van der Waals surface area contributed by atoms with E-state index in [9.17, 15) is 4.39 Å². The summed E-state index contributed by atoms with van der Waals surface area (Å²) in [6.45, 7) is 5.62. The van der Waals surface area contributed by atoms with Crippen LogP contribution in [0.15, 0.2) is 24.3 Å². The van der Waals surface area contributed by atoms with Crippen molar-refractivity contribution in [3.05, 3.63) is 35.6 Å². The van der Waals surface area contributed by atoms with Gasteiger partial charge in [0.15, 0.2) is 0 Å². The van der Waals surface area contributed by atoms with Crippen LogP contribution < -0.4 is 5.32 Å². The molecule has 1 heterocycles. The van der Waals surface area contributed by atoms with Crippen LogP contribution in [0.25, 0.3) is 0 Å². The Morgan fingerprint density at radius 1 is 1.35 bits per heavy atom. The monoisotopic (exact) mass is 300 g/mol. The number of piperidine rings is 1. The maximum absolute atomic E-state index is 13.0. The summed E-state index contributed by atoms with van der Waals surface area (Å²) in [5.41, 5.74) is 1.24. The second kappa shape index (κ2) is 8.60. The van der Waals surface area contributed by atoms with E-state index in [4.69, 9.17) is 0 Å². The largest absolute Gasteiger partial charge is 0.319 e. The van der Waals surface area contributed by atoms with Crippen LogP contribution >= 0.6 is 12.4 Å². The first-order valence-electron chi connectivity index (χ1n) is 7.38. The number of hydrogen-bond donors (Lipinski definition) is 1. The second-order valence-electron chi connectivity index (χ2n) is 5.54. The zero-order chi connectivity index (χ0) is 13.7. The van der Waals surface area contributed by atoms with Gasteiger partial charge in [-0.05, 0) is 63.0 Å². The molecule has 1 saturated heterocycles.